The minimum absolute atomic E-state index is 0.123. The van der Waals surface area contributed by atoms with Crippen molar-refractivity contribution in [2.45, 2.75) is 73.1 Å². The summed E-state index contributed by atoms with van der Waals surface area (Å²) in [6.45, 7) is 18.8. The fourth-order valence-corrected chi connectivity index (χ4v) is 3.49. The third kappa shape index (κ3) is 4.55. The molecule has 0 bridgehead atoms. The molecule has 146 valence electrons. The van der Waals surface area contributed by atoms with Gasteiger partial charge in [0, 0.05) is 0 Å². The second-order valence-electron chi connectivity index (χ2n) is 9.74. The standard InChI is InChI=1S/C25H34O2/c1-15-11-22(26)20(24(4,5)6)13-18(15)10-16(2)19-14-21(25(7,8)9)23(27)12-17(19)3/h10-14,26-27H,1-9H3. The van der Waals surface area contributed by atoms with E-state index in [2.05, 4.69) is 66.7 Å². The predicted octanol–water partition coefficient (Wildman–Crippen LogP) is 6.87. The van der Waals surface area contributed by atoms with Crippen LogP contribution in [0.1, 0.15) is 81.8 Å². The van der Waals surface area contributed by atoms with Gasteiger partial charge >= 0.3 is 0 Å². The molecule has 2 nitrogen and oxygen atoms in total. The molecule has 0 saturated heterocycles. The monoisotopic (exact) mass is 366 g/mol. The zero-order chi connectivity index (χ0) is 20.7. The van der Waals surface area contributed by atoms with Crippen molar-refractivity contribution in [2.75, 3.05) is 0 Å². The lowest BCUT2D eigenvalue weighted by Crippen LogP contribution is -2.12. The van der Waals surface area contributed by atoms with E-state index in [4.69, 9.17) is 0 Å². The third-order valence-corrected chi connectivity index (χ3v) is 5.14. The predicted molar refractivity (Wildman–Crippen MR) is 117 cm³/mol. The lowest BCUT2D eigenvalue weighted by molar-refractivity contribution is 0.445. The van der Waals surface area contributed by atoms with Gasteiger partial charge in [-0.1, -0.05) is 47.6 Å². The highest BCUT2D eigenvalue weighted by Crippen LogP contribution is 2.37. The first-order valence-electron chi connectivity index (χ1n) is 9.58. The zero-order valence-electron chi connectivity index (χ0n) is 18.3. The maximum absolute atomic E-state index is 10.4. The smallest absolute Gasteiger partial charge is 0.119 e. The molecule has 0 aromatic heterocycles. The van der Waals surface area contributed by atoms with Crippen LogP contribution in [-0.4, -0.2) is 10.2 Å². The molecule has 27 heavy (non-hydrogen) atoms. The molecule has 2 rings (SSSR count). The molecular weight excluding hydrogens is 332 g/mol. The summed E-state index contributed by atoms with van der Waals surface area (Å²) in [7, 11) is 0. The van der Waals surface area contributed by atoms with Gasteiger partial charge in [-0.15, -0.1) is 0 Å². The number of benzene rings is 2. The molecule has 2 aromatic carbocycles. The van der Waals surface area contributed by atoms with Crippen molar-refractivity contribution in [2.24, 2.45) is 0 Å². The SMILES string of the molecule is CC(=Cc1cc(C(C)(C)C)c(O)cc1C)c1cc(C(C)(C)C)c(O)cc1C. The summed E-state index contributed by atoms with van der Waals surface area (Å²) >= 11 is 0. The average molecular weight is 367 g/mol. The number of allylic oxidation sites excluding steroid dienone is 1. The van der Waals surface area contributed by atoms with Crippen LogP contribution in [0, 0.1) is 13.8 Å². The van der Waals surface area contributed by atoms with Crippen LogP contribution in [0.3, 0.4) is 0 Å². The van der Waals surface area contributed by atoms with Gasteiger partial charge < -0.3 is 10.2 Å². The molecule has 0 unspecified atom stereocenters. The Morgan fingerprint density at radius 3 is 1.67 bits per heavy atom. The second-order valence-corrected chi connectivity index (χ2v) is 9.74. The summed E-state index contributed by atoms with van der Waals surface area (Å²) in [5, 5.41) is 20.7. The van der Waals surface area contributed by atoms with Crippen LogP contribution in [0.25, 0.3) is 11.6 Å². The Labute approximate surface area is 164 Å². The fourth-order valence-electron chi connectivity index (χ4n) is 3.49. The Bertz CT molecular complexity index is 888. The Balaban J connectivity index is 2.62. The van der Waals surface area contributed by atoms with Gasteiger partial charge in [-0.05, 0) is 94.8 Å². The number of hydrogen-bond acceptors (Lipinski definition) is 2. The number of phenols is 2. The Morgan fingerprint density at radius 1 is 0.741 bits per heavy atom. The first-order chi connectivity index (χ1) is 12.2. The van der Waals surface area contributed by atoms with Crippen molar-refractivity contribution in [1.82, 2.24) is 0 Å². The second kappa shape index (κ2) is 7.07. The largest absolute Gasteiger partial charge is 0.508 e. The van der Waals surface area contributed by atoms with Crippen molar-refractivity contribution >= 4 is 11.6 Å². The molecule has 0 atom stereocenters. The molecule has 2 N–H and O–H groups in total. The Kier molecular flexibility index (Phi) is 5.52. The van der Waals surface area contributed by atoms with Gasteiger partial charge in [0.1, 0.15) is 11.5 Å². The van der Waals surface area contributed by atoms with Crippen molar-refractivity contribution in [3.63, 3.8) is 0 Å². The van der Waals surface area contributed by atoms with Gasteiger partial charge in [-0.25, -0.2) is 0 Å². The van der Waals surface area contributed by atoms with E-state index in [1.165, 1.54) is 0 Å². The first kappa shape index (κ1) is 21.1. The van der Waals surface area contributed by atoms with E-state index < -0.39 is 0 Å². The van der Waals surface area contributed by atoms with Gasteiger partial charge in [0.15, 0.2) is 0 Å². The van der Waals surface area contributed by atoms with E-state index in [1.807, 2.05) is 26.0 Å². The van der Waals surface area contributed by atoms with Crippen molar-refractivity contribution in [3.8, 4) is 11.5 Å². The summed E-state index contributed by atoms with van der Waals surface area (Å²) < 4.78 is 0. The minimum Gasteiger partial charge on any atom is -0.508 e. The quantitative estimate of drug-likeness (QED) is 0.569. The molecule has 2 aromatic rings. The van der Waals surface area contributed by atoms with Crippen molar-refractivity contribution in [3.05, 3.63) is 57.6 Å². The van der Waals surface area contributed by atoms with Gasteiger partial charge in [-0.2, -0.15) is 0 Å². The van der Waals surface area contributed by atoms with E-state index >= 15 is 0 Å². The Hall–Kier alpha value is -2.22. The highest BCUT2D eigenvalue weighted by molar-refractivity contribution is 5.83. The normalized spacial score (nSPS) is 13.1. The number of hydrogen-bond donors (Lipinski definition) is 2. The third-order valence-electron chi connectivity index (χ3n) is 5.14. The van der Waals surface area contributed by atoms with Crippen molar-refractivity contribution < 1.29 is 10.2 Å². The van der Waals surface area contributed by atoms with Gasteiger partial charge in [0.05, 0.1) is 0 Å². The molecule has 0 radical (unpaired) electrons. The van der Waals surface area contributed by atoms with Gasteiger partial charge in [-0.3, -0.25) is 0 Å². The highest BCUT2D eigenvalue weighted by atomic mass is 16.3. The molecule has 0 amide bonds. The molecule has 0 fully saturated rings. The number of rotatable bonds is 2. The van der Waals surface area contributed by atoms with E-state index in [-0.39, 0.29) is 10.8 Å². The topological polar surface area (TPSA) is 40.5 Å². The van der Waals surface area contributed by atoms with Crippen LogP contribution in [0.15, 0.2) is 24.3 Å². The fraction of sp³-hybridized carbons (Fsp3) is 0.440. The van der Waals surface area contributed by atoms with Crippen LogP contribution in [0.2, 0.25) is 0 Å². The van der Waals surface area contributed by atoms with E-state index in [1.54, 1.807) is 0 Å². The summed E-state index contributed by atoms with van der Waals surface area (Å²) in [4.78, 5) is 0. The van der Waals surface area contributed by atoms with Crippen LogP contribution >= 0.6 is 0 Å². The van der Waals surface area contributed by atoms with E-state index in [0.717, 1.165) is 39.0 Å². The molecule has 0 heterocycles. The van der Waals surface area contributed by atoms with Crippen molar-refractivity contribution in [1.29, 1.82) is 0 Å². The number of aromatic hydroxyl groups is 2. The van der Waals surface area contributed by atoms with Gasteiger partial charge in [0.25, 0.3) is 0 Å². The molecule has 0 aliphatic rings. The molecule has 0 aliphatic carbocycles. The first-order valence-corrected chi connectivity index (χ1v) is 9.58. The highest BCUT2D eigenvalue weighted by Gasteiger charge is 2.21. The van der Waals surface area contributed by atoms with Crippen LogP contribution in [0.4, 0.5) is 0 Å². The summed E-state index contributed by atoms with van der Waals surface area (Å²) in [6, 6.07) is 7.91. The molecule has 0 spiro atoms. The minimum atomic E-state index is -0.124. The average Bonchev–Trinajstić information content (AvgIpc) is 2.47. The van der Waals surface area contributed by atoms with Crippen LogP contribution in [-0.2, 0) is 10.8 Å². The number of phenolic OH excluding ortho intramolecular Hbond substituents is 2. The molecular formula is C25H34O2. The lowest BCUT2D eigenvalue weighted by atomic mass is 9.82. The van der Waals surface area contributed by atoms with Gasteiger partial charge in [0.2, 0.25) is 0 Å². The van der Waals surface area contributed by atoms with Crippen LogP contribution < -0.4 is 0 Å². The Morgan fingerprint density at radius 2 is 1.19 bits per heavy atom. The molecule has 0 aliphatic heterocycles. The summed E-state index contributed by atoms with van der Waals surface area (Å²) in [5.74, 6) is 0.706. The maximum atomic E-state index is 10.4. The van der Waals surface area contributed by atoms with E-state index in [9.17, 15) is 10.2 Å². The molecule has 0 saturated carbocycles. The zero-order valence-corrected chi connectivity index (χ0v) is 18.3. The lowest BCUT2D eigenvalue weighted by Gasteiger charge is -2.23. The number of aryl methyl sites for hydroxylation is 2. The summed E-state index contributed by atoms with van der Waals surface area (Å²) in [6.07, 6.45) is 2.18. The van der Waals surface area contributed by atoms with Crippen LogP contribution in [0.5, 0.6) is 11.5 Å². The summed E-state index contributed by atoms with van der Waals surface area (Å²) in [5.41, 5.74) is 7.16. The molecule has 2 heteroatoms. The van der Waals surface area contributed by atoms with E-state index in [0.29, 0.717) is 11.5 Å². The maximum Gasteiger partial charge on any atom is 0.119 e.